The van der Waals surface area contributed by atoms with Crippen LogP contribution in [0.25, 0.3) is 0 Å². The average molecular weight is 128 g/mol. The smallest absolute Gasteiger partial charge is 0.178 e. The second-order valence-corrected chi connectivity index (χ2v) is 1.66. The lowest BCUT2D eigenvalue weighted by molar-refractivity contribution is -0.00495. The maximum absolute atomic E-state index is 8.58. The number of hydrogen-bond acceptors (Lipinski definition) is 2. The molecule has 2 nitrogen and oxygen atoms in total. The fourth-order valence-corrected chi connectivity index (χ4v) is 0.524. The van der Waals surface area contributed by atoms with E-state index in [2.05, 4.69) is 0 Å². The lowest BCUT2D eigenvalue weighted by Gasteiger charge is -2.01. The lowest BCUT2D eigenvalue weighted by atomic mass is 10.2. The third kappa shape index (κ3) is 3.06. The molecule has 0 bridgehead atoms. The first kappa shape index (κ1) is 8.40. The first-order valence-corrected chi connectivity index (χ1v) is 2.87. The summed E-state index contributed by atoms with van der Waals surface area (Å²) in [7, 11) is 0. The van der Waals surface area contributed by atoms with Crippen LogP contribution in [-0.2, 0) is 0 Å². The normalized spacial score (nSPS) is 13.7. The van der Waals surface area contributed by atoms with E-state index in [1.54, 1.807) is 25.2 Å². The molecule has 0 aliphatic rings. The quantitative estimate of drug-likeness (QED) is 0.427. The summed E-state index contributed by atoms with van der Waals surface area (Å²) in [5, 5.41) is 17.2. The number of rotatable bonds is 2. The summed E-state index contributed by atoms with van der Waals surface area (Å²) in [6.07, 6.45) is 3.73. The molecule has 0 saturated heterocycles. The van der Waals surface area contributed by atoms with Gasteiger partial charge in [0.1, 0.15) is 0 Å². The molecule has 0 aliphatic carbocycles. The minimum absolute atomic E-state index is 0.525. The van der Waals surface area contributed by atoms with Gasteiger partial charge in [0.15, 0.2) is 6.29 Å². The summed E-state index contributed by atoms with van der Waals surface area (Å²) in [5.41, 5.74) is 0.525. The van der Waals surface area contributed by atoms with Crippen molar-refractivity contribution in [2.24, 2.45) is 0 Å². The molecular weight excluding hydrogens is 116 g/mol. The van der Waals surface area contributed by atoms with Crippen molar-refractivity contribution >= 4 is 0 Å². The highest BCUT2D eigenvalue weighted by Crippen LogP contribution is 1.99. The second-order valence-electron chi connectivity index (χ2n) is 1.66. The summed E-state index contributed by atoms with van der Waals surface area (Å²) in [5.74, 6) is 0. The van der Waals surface area contributed by atoms with Gasteiger partial charge in [0.25, 0.3) is 0 Å². The Labute approximate surface area is 55.1 Å². The van der Waals surface area contributed by atoms with Crippen molar-refractivity contribution in [3.63, 3.8) is 0 Å². The van der Waals surface area contributed by atoms with Crippen LogP contribution in [-0.4, -0.2) is 16.5 Å². The van der Waals surface area contributed by atoms with E-state index >= 15 is 0 Å². The van der Waals surface area contributed by atoms with Crippen LogP contribution in [0.15, 0.2) is 23.8 Å². The molecule has 0 unspecified atom stereocenters. The van der Waals surface area contributed by atoms with Crippen LogP contribution in [0.1, 0.15) is 13.8 Å². The molecule has 2 heteroatoms. The van der Waals surface area contributed by atoms with Gasteiger partial charge in [-0.2, -0.15) is 0 Å². The molecule has 0 aromatic carbocycles. The molecule has 9 heavy (non-hydrogen) atoms. The van der Waals surface area contributed by atoms with E-state index in [0.29, 0.717) is 5.57 Å². The monoisotopic (exact) mass is 128 g/mol. The highest BCUT2D eigenvalue weighted by atomic mass is 16.5. The fraction of sp³-hybridized carbons (Fsp3) is 0.429. The zero-order chi connectivity index (χ0) is 7.28. The highest BCUT2D eigenvalue weighted by Gasteiger charge is 1.98. The predicted octanol–water partition coefficient (Wildman–Crippen LogP) is 0.819. The number of aliphatic hydroxyl groups excluding tert-OH is 1. The van der Waals surface area contributed by atoms with Gasteiger partial charge in [0, 0.05) is 5.57 Å². The third-order valence-electron chi connectivity index (χ3n) is 0.991. The fourth-order valence-electron chi connectivity index (χ4n) is 0.524. The van der Waals surface area contributed by atoms with Crippen molar-refractivity contribution in [3.05, 3.63) is 23.8 Å². The molecule has 0 rings (SSSR count). The minimum Gasteiger partial charge on any atom is -0.364 e. The lowest BCUT2D eigenvalue weighted by Crippen LogP contribution is -2.05. The summed E-state index contributed by atoms with van der Waals surface area (Å²) in [6.45, 7) is 3.58. The van der Waals surface area contributed by atoms with Crippen LogP contribution in [0.3, 0.4) is 0 Å². The summed E-state index contributed by atoms with van der Waals surface area (Å²) >= 11 is 0. The molecule has 0 saturated carbocycles. The first-order valence-electron chi connectivity index (χ1n) is 2.87. The van der Waals surface area contributed by atoms with Crippen LogP contribution in [0.4, 0.5) is 0 Å². The molecule has 0 aromatic heterocycles. The Morgan fingerprint density at radius 1 is 1.33 bits per heavy atom. The van der Waals surface area contributed by atoms with Crippen molar-refractivity contribution in [3.8, 4) is 0 Å². The average Bonchev–Trinajstić information content (AvgIpc) is 1.82. The first-order chi connectivity index (χ1) is 4.22. The summed E-state index contributed by atoms with van der Waals surface area (Å²) < 4.78 is 0. The van der Waals surface area contributed by atoms with E-state index in [9.17, 15) is 0 Å². The molecule has 52 valence electrons. The molecule has 0 spiro atoms. The van der Waals surface area contributed by atoms with Crippen LogP contribution < -0.4 is 0 Å². The topological polar surface area (TPSA) is 40.5 Å². The Hall–Kier alpha value is -0.600. The number of hydrogen-bond donors (Lipinski definition) is 2. The number of aliphatic hydroxyl groups is 2. The van der Waals surface area contributed by atoms with E-state index in [1.807, 2.05) is 6.92 Å². The van der Waals surface area contributed by atoms with Gasteiger partial charge < -0.3 is 10.2 Å². The predicted molar refractivity (Wildman–Crippen MR) is 36.8 cm³/mol. The van der Waals surface area contributed by atoms with Crippen molar-refractivity contribution in [1.29, 1.82) is 0 Å². The molecule has 0 amide bonds. The Morgan fingerprint density at radius 3 is 2.00 bits per heavy atom. The molecule has 2 N–H and O–H groups in total. The Balaban J connectivity index is 4.01. The van der Waals surface area contributed by atoms with Gasteiger partial charge in [-0.15, -0.1) is 0 Å². The van der Waals surface area contributed by atoms with Crippen LogP contribution in [0.5, 0.6) is 0 Å². The Morgan fingerprint density at radius 2 is 1.89 bits per heavy atom. The SMILES string of the molecule is CC=CC(=CC)C(O)O. The molecular formula is C7H12O2. The standard InChI is InChI=1S/C7H12O2/c1-3-5-6(4-2)7(8)9/h3-5,7-9H,1-2H3. The third-order valence-corrected chi connectivity index (χ3v) is 0.991. The largest absolute Gasteiger partial charge is 0.364 e. The Kier molecular flexibility index (Phi) is 4.01. The van der Waals surface area contributed by atoms with Gasteiger partial charge in [-0.3, -0.25) is 0 Å². The molecule has 0 atom stereocenters. The van der Waals surface area contributed by atoms with Gasteiger partial charge in [-0.05, 0) is 13.8 Å². The van der Waals surface area contributed by atoms with Crippen molar-refractivity contribution in [2.45, 2.75) is 20.1 Å². The van der Waals surface area contributed by atoms with Gasteiger partial charge in [-0.25, -0.2) is 0 Å². The van der Waals surface area contributed by atoms with Crippen LogP contribution >= 0.6 is 0 Å². The van der Waals surface area contributed by atoms with Crippen molar-refractivity contribution in [1.82, 2.24) is 0 Å². The van der Waals surface area contributed by atoms with Gasteiger partial charge in [0.2, 0.25) is 0 Å². The molecule has 0 heterocycles. The van der Waals surface area contributed by atoms with E-state index in [1.165, 1.54) is 0 Å². The van der Waals surface area contributed by atoms with Crippen molar-refractivity contribution < 1.29 is 10.2 Å². The summed E-state index contributed by atoms with van der Waals surface area (Å²) in [6, 6.07) is 0. The van der Waals surface area contributed by atoms with Gasteiger partial charge >= 0.3 is 0 Å². The zero-order valence-corrected chi connectivity index (χ0v) is 5.70. The molecule has 0 aromatic rings. The van der Waals surface area contributed by atoms with Gasteiger partial charge in [-0.1, -0.05) is 18.2 Å². The van der Waals surface area contributed by atoms with E-state index < -0.39 is 6.29 Å². The van der Waals surface area contributed by atoms with Gasteiger partial charge in [0.05, 0.1) is 0 Å². The molecule has 0 aliphatic heterocycles. The van der Waals surface area contributed by atoms with E-state index in [-0.39, 0.29) is 0 Å². The Bertz CT molecular complexity index is 123. The maximum atomic E-state index is 8.58. The highest BCUT2D eigenvalue weighted by molar-refractivity contribution is 5.18. The molecule has 0 radical (unpaired) electrons. The minimum atomic E-state index is -1.34. The molecule has 0 fully saturated rings. The van der Waals surface area contributed by atoms with E-state index in [4.69, 9.17) is 10.2 Å². The van der Waals surface area contributed by atoms with Crippen LogP contribution in [0.2, 0.25) is 0 Å². The van der Waals surface area contributed by atoms with Crippen molar-refractivity contribution in [2.75, 3.05) is 0 Å². The summed E-state index contributed by atoms with van der Waals surface area (Å²) in [4.78, 5) is 0. The second kappa shape index (κ2) is 4.30. The number of allylic oxidation sites excluding steroid dienone is 2. The maximum Gasteiger partial charge on any atom is 0.178 e. The van der Waals surface area contributed by atoms with Crippen LogP contribution in [0, 0.1) is 0 Å². The van der Waals surface area contributed by atoms with E-state index in [0.717, 1.165) is 0 Å². The zero-order valence-electron chi connectivity index (χ0n) is 5.70.